The molecule has 3 nitrogen and oxygen atoms in total. The van der Waals surface area contributed by atoms with Crippen LogP contribution in [-0.2, 0) is 6.54 Å². The maximum Gasteiger partial charge on any atom is 0.119 e. The molecule has 0 unspecified atom stereocenters. The monoisotopic (exact) mass is 304 g/mol. The Morgan fingerprint density at radius 1 is 0.952 bits per heavy atom. The summed E-state index contributed by atoms with van der Waals surface area (Å²) in [5.41, 5.74) is 6.97. The minimum Gasteiger partial charge on any atom is -0.492 e. The Kier molecular flexibility index (Phi) is 6.54. The van der Waals surface area contributed by atoms with Crippen molar-refractivity contribution >= 4 is 11.6 Å². The van der Waals surface area contributed by atoms with Crippen LogP contribution in [0, 0.1) is 0 Å². The molecule has 0 aliphatic carbocycles. The smallest absolute Gasteiger partial charge is 0.119 e. The molecular formula is C17H21ClN2O. The SMILES string of the molecule is NCCN(CCOc1ccc(Cl)cc1)Cc1ccccc1. The Morgan fingerprint density at radius 2 is 1.67 bits per heavy atom. The zero-order chi connectivity index (χ0) is 14.9. The lowest BCUT2D eigenvalue weighted by atomic mass is 10.2. The first-order valence-corrected chi connectivity index (χ1v) is 7.50. The molecule has 0 fully saturated rings. The largest absolute Gasteiger partial charge is 0.492 e. The summed E-state index contributed by atoms with van der Waals surface area (Å²) in [7, 11) is 0. The molecule has 0 aliphatic heterocycles. The predicted octanol–water partition coefficient (Wildman–Crippen LogP) is 3.18. The van der Waals surface area contributed by atoms with Gasteiger partial charge >= 0.3 is 0 Å². The van der Waals surface area contributed by atoms with E-state index >= 15 is 0 Å². The molecule has 0 bridgehead atoms. The minimum atomic E-state index is 0.633. The van der Waals surface area contributed by atoms with Gasteiger partial charge in [0, 0.05) is 31.2 Å². The zero-order valence-corrected chi connectivity index (χ0v) is 12.8. The molecule has 2 aromatic carbocycles. The van der Waals surface area contributed by atoms with Crippen molar-refractivity contribution in [1.82, 2.24) is 4.90 Å². The fraction of sp³-hybridized carbons (Fsp3) is 0.294. The van der Waals surface area contributed by atoms with Crippen LogP contribution in [-0.4, -0.2) is 31.1 Å². The molecule has 0 spiro atoms. The van der Waals surface area contributed by atoms with Crippen molar-refractivity contribution in [3.05, 3.63) is 65.2 Å². The molecule has 2 rings (SSSR count). The highest BCUT2D eigenvalue weighted by molar-refractivity contribution is 6.30. The average Bonchev–Trinajstić information content (AvgIpc) is 2.50. The van der Waals surface area contributed by atoms with Crippen LogP contribution in [0.1, 0.15) is 5.56 Å². The van der Waals surface area contributed by atoms with E-state index in [0.29, 0.717) is 13.2 Å². The van der Waals surface area contributed by atoms with Crippen LogP contribution >= 0.6 is 11.6 Å². The third-order valence-corrected chi connectivity index (χ3v) is 3.44. The molecule has 0 aromatic heterocycles. The van der Waals surface area contributed by atoms with Crippen molar-refractivity contribution in [3.8, 4) is 5.75 Å². The molecule has 0 saturated carbocycles. The maximum absolute atomic E-state index is 5.85. The predicted molar refractivity (Wildman–Crippen MR) is 87.7 cm³/mol. The lowest BCUT2D eigenvalue weighted by Crippen LogP contribution is -2.32. The van der Waals surface area contributed by atoms with E-state index in [1.807, 2.05) is 30.3 Å². The van der Waals surface area contributed by atoms with Crippen molar-refractivity contribution in [2.75, 3.05) is 26.2 Å². The van der Waals surface area contributed by atoms with E-state index in [9.17, 15) is 0 Å². The second-order valence-corrected chi connectivity index (χ2v) is 5.29. The first kappa shape index (κ1) is 15.8. The lowest BCUT2D eigenvalue weighted by molar-refractivity contribution is 0.206. The van der Waals surface area contributed by atoms with Gasteiger partial charge in [0.25, 0.3) is 0 Å². The average molecular weight is 305 g/mol. The van der Waals surface area contributed by atoms with Gasteiger partial charge < -0.3 is 10.5 Å². The van der Waals surface area contributed by atoms with Gasteiger partial charge in [0.1, 0.15) is 12.4 Å². The van der Waals surface area contributed by atoms with E-state index in [2.05, 4.69) is 29.2 Å². The fourth-order valence-electron chi connectivity index (χ4n) is 2.12. The van der Waals surface area contributed by atoms with Crippen LogP contribution in [0.5, 0.6) is 5.75 Å². The summed E-state index contributed by atoms with van der Waals surface area (Å²) in [4.78, 5) is 2.30. The summed E-state index contributed by atoms with van der Waals surface area (Å²) in [6.07, 6.45) is 0. The molecule has 0 atom stereocenters. The van der Waals surface area contributed by atoms with E-state index < -0.39 is 0 Å². The molecular weight excluding hydrogens is 284 g/mol. The van der Waals surface area contributed by atoms with Crippen molar-refractivity contribution < 1.29 is 4.74 Å². The molecule has 21 heavy (non-hydrogen) atoms. The van der Waals surface area contributed by atoms with Crippen LogP contribution in [0.25, 0.3) is 0 Å². The van der Waals surface area contributed by atoms with Crippen molar-refractivity contribution in [2.45, 2.75) is 6.54 Å². The Hall–Kier alpha value is -1.55. The summed E-state index contributed by atoms with van der Waals surface area (Å²) in [6.45, 7) is 3.87. The standard InChI is InChI=1S/C17H21ClN2O/c18-16-6-8-17(9-7-16)21-13-12-20(11-10-19)14-15-4-2-1-3-5-15/h1-9H,10-14,19H2. The van der Waals surface area contributed by atoms with E-state index in [0.717, 1.165) is 30.4 Å². The molecule has 0 heterocycles. The Balaban J connectivity index is 1.81. The summed E-state index contributed by atoms with van der Waals surface area (Å²) in [5, 5.41) is 0.719. The lowest BCUT2D eigenvalue weighted by Gasteiger charge is -2.21. The van der Waals surface area contributed by atoms with Gasteiger partial charge in [0.2, 0.25) is 0 Å². The van der Waals surface area contributed by atoms with Gasteiger partial charge in [-0.25, -0.2) is 0 Å². The van der Waals surface area contributed by atoms with Gasteiger partial charge in [0.05, 0.1) is 0 Å². The maximum atomic E-state index is 5.85. The quantitative estimate of drug-likeness (QED) is 0.814. The van der Waals surface area contributed by atoms with E-state index in [1.54, 1.807) is 0 Å². The highest BCUT2D eigenvalue weighted by Crippen LogP contribution is 2.15. The van der Waals surface area contributed by atoms with Gasteiger partial charge in [-0.1, -0.05) is 41.9 Å². The number of benzene rings is 2. The minimum absolute atomic E-state index is 0.633. The van der Waals surface area contributed by atoms with E-state index in [4.69, 9.17) is 22.1 Å². The number of hydrogen-bond acceptors (Lipinski definition) is 3. The fourth-order valence-corrected chi connectivity index (χ4v) is 2.24. The molecule has 0 saturated heterocycles. The van der Waals surface area contributed by atoms with Crippen LogP contribution in [0.4, 0.5) is 0 Å². The summed E-state index contributed by atoms with van der Waals surface area (Å²) < 4.78 is 5.73. The number of hydrogen-bond donors (Lipinski definition) is 1. The Labute approximate surface area is 131 Å². The topological polar surface area (TPSA) is 38.5 Å². The first-order chi connectivity index (χ1) is 10.3. The van der Waals surface area contributed by atoms with Gasteiger partial charge in [0.15, 0.2) is 0 Å². The third kappa shape index (κ3) is 5.76. The normalized spacial score (nSPS) is 10.8. The number of rotatable bonds is 8. The zero-order valence-electron chi connectivity index (χ0n) is 12.0. The van der Waals surface area contributed by atoms with Crippen LogP contribution in [0.3, 0.4) is 0 Å². The number of ether oxygens (including phenoxy) is 1. The Morgan fingerprint density at radius 3 is 2.33 bits per heavy atom. The molecule has 4 heteroatoms. The molecule has 0 radical (unpaired) electrons. The van der Waals surface area contributed by atoms with E-state index in [-0.39, 0.29) is 0 Å². The van der Waals surface area contributed by atoms with Crippen molar-refractivity contribution in [1.29, 1.82) is 0 Å². The summed E-state index contributed by atoms with van der Waals surface area (Å²) in [6, 6.07) is 17.8. The molecule has 2 aromatic rings. The second-order valence-electron chi connectivity index (χ2n) is 4.85. The molecule has 112 valence electrons. The summed E-state index contributed by atoms with van der Waals surface area (Å²) in [5.74, 6) is 0.840. The Bertz CT molecular complexity index is 516. The highest BCUT2D eigenvalue weighted by atomic mass is 35.5. The second kappa shape index (κ2) is 8.67. The van der Waals surface area contributed by atoms with Crippen molar-refractivity contribution in [2.24, 2.45) is 5.73 Å². The number of nitrogens with zero attached hydrogens (tertiary/aromatic N) is 1. The van der Waals surface area contributed by atoms with E-state index in [1.165, 1.54) is 5.56 Å². The van der Waals surface area contributed by atoms with Crippen LogP contribution in [0.15, 0.2) is 54.6 Å². The van der Waals surface area contributed by atoms with Crippen LogP contribution in [0.2, 0.25) is 5.02 Å². The number of halogens is 1. The van der Waals surface area contributed by atoms with Gasteiger partial charge in [-0.05, 0) is 29.8 Å². The first-order valence-electron chi connectivity index (χ1n) is 7.12. The van der Waals surface area contributed by atoms with Crippen molar-refractivity contribution in [3.63, 3.8) is 0 Å². The number of nitrogens with two attached hydrogens (primary N) is 1. The summed E-state index contributed by atoms with van der Waals surface area (Å²) >= 11 is 5.85. The third-order valence-electron chi connectivity index (χ3n) is 3.18. The van der Waals surface area contributed by atoms with Gasteiger partial charge in [-0.2, -0.15) is 0 Å². The van der Waals surface area contributed by atoms with Gasteiger partial charge in [-0.15, -0.1) is 0 Å². The molecule has 2 N–H and O–H groups in total. The van der Waals surface area contributed by atoms with Crippen LogP contribution < -0.4 is 10.5 Å². The molecule has 0 amide bonds. The highest BCUT2D eigenvalue weighted by Gasteiger charge is 2.05. The molecule has 0 aliphatic rings. The van der Waals surface area contributed by atoms with Gasteiger partial charge in [-0.3, -0.25) is 4.90 Å².